The molecule has 0 fully saturated rings. The van der Waals surface area contributed by atoms with Crippen LogP contribution in [-0.2, 0) is 28.6 Å². The molecule has 2 rings (SSSR count). The molecule has 0 aliphatic carbocycles. The van der Waals surface area contributed by atoms with Gasteiger partial charge in [-0.05, 0) is 46.8 Å². The lowest BCUT2D eigenvalue weighted by molar-refractivity contribution is -0.191. The van der Waals surface area contributed by atoms with Crippen LogP contribution in [0.25, 0.3) is 0 Å². The predicted molar refractivity (Wildman–Crippen MR) is 105 cm³/mol. The van der Waals surface area contributed by atoms with Gasteiger partial charge in [0.1, 0.15) is 11.7 Å². The van der Waals surface area contributed by atoms with E-state index in [0.29, 0.717) is 10.7 Å². The van der Waals surface area contributed by atoms with E-state index < -0.39 is 41.1 Å². The molecule has 1 aromatic carbocycles. The van der Waals surface area contributed by atoms with Gasteiger partial charge < -0.3 is 24.6 Å². The minimum Gasteiger partial charge on any atom is -0.465 e. The van der Waals surface area contributed by atoms with E-state index in [-0.39, 0.29) is 18.8 Å². The van der Waals surface area contributed by atoms with Crippen molar-refractivity contribution in [3.63, 3.8) is 0 Å². The second kappa shape index (κ2) is 8.59. The van der Waals surface area contributed by atoms with Gasteiger partial charge in [0.2, 0.25) is 5.41 Å². The Kier molecular flexibility index (Phi) is 6.80. The van der Waals surface area contributed by atoms with Crippen LogP contribution in [0.2, 0.25) is 5.02 Å². The number of aliphatic hydroxyl groups is 1. The van der Waals surface area contributed by atoms with Gasteiger partial charge in [-0.3, -0.25) is 9.59 Å². The summed E-state index contributed by atoms with van der Waals surface area (Å²) in [5, 5.41) is 14.4. The van der Waals surface area contributed by atoms with Crippen molar-refractivity contribution in [2.75, 3.05) is 18.5 Å². The Bertz CT molecular complexity index is 785. The summed E-state index contributed by atoms with van der Waals surface area (Å²) in [6.45, 7) is 7.90. The summed E-state index contributed by atoms with van der Waals surface area (Å²) < 4.78 is 15.6. The molecule has 0 bridgehead atoms. The number of hydrogen-bond acceptors (Lipinski definition) is 8. The van der Waals surface area contributed by atoms with Crippen LogP contribution in [-0.4, -0.2) is 47.9 Å². The molecule has 0 radical (unpaired) electrons. The average molecular weight is 428 g/mol. The fourth-order valence-electron chi connectivity index (χ4n) is 3.21. The highest BCUT2D eigenvalue weighted by atomic mass is 35.5. The summed E-state index contributed by atoms with van der Waals surface area (Å²) in [6, 6.07) is 2.85. The molecule has 1 aliphatic rings. The normalized spacial score (nSPS) is 20.1. The van der Waals surface area contributed by atoms with Crippen molar-refractivity contribution in [2.45, 2.75) is 52.4 Å². The van der Waals surface area contributed by atoms with E-state index in [1.807, 2.05) is 0 Å². The van der Waals surface area contributed by atoms with Crippen molar-refractivity contribution in [3.8, 4) is 0 Å². The van der Waals surface area contributed by atoms with Crippen LogP contribution in [0.5, 0.6) is 0 Å². The van der Waals surface area contributed by atoms with Crippen LogP contribution >= 0.6 is 11.6 Å². The molecule has 1 aliphatic heterocycles. The van der Waals surface area contributed by atoms with Gasteiger partial charge in [0.25, 0.3) is 0 Å². The Morgan fingerprint density at radius 2 is 1.69 bits per heavy atom. The molecular formula is C20H26ClNO7. The number of aliphatic hydroxyl groups excluding tert-OH is 1. The molecule has 0 saturated carbocycles. The summed E-state index contributed by atoms with van der Waals surface area (Å²) in [5.74, 6) is -3.09. The third-order valence-electron chi connectivity index (χ3n) is 4.37. The number of rotatable bonds is 5. The number of esters is 3. The number of nitrogens with one attached hydrogen (secondary N) is 1. The minimum atomic E-state index is -2.39. The number of fused-ring (bicyclic) bond motifs is 1. The van der Waals surface area contributed by atoms with Crippen molar-refractivity contribution >= 4 is 35.2 Å². The third kappa shape index (κ3) is 4.33. The Labute approximate surface area is 174 Å². The summed E-state index contributed by atoms with van der Waals surface area (Å²) in [6.07, 6.45) is -1.73. The zero-order chi connectivity index (χ0) is 22.0. The molecule has 0 unspecified atom stereocenters. The molecule has 0 saturated heterocycles. The smallest absolute Gasteiger partial charge is 0.331 e. The molecule has 2 atom stereocenters. The van der Waals surface area contributed by atoms with Crippen LogP contribution in [0.4, 0.5) is 5.69 Å². The monoisotopic (exact) mass is 427 g/mol. The molecule has 160 valence electrons. The standard InChI is InChI=1S/C20H26ClNO7/c1-6-27-17(25)20(18(26)28-7-2)14(16(24)29-19(3,4)5)22-13-10-11(21)8-9-12(13)15(20)23/h8-10,14-15,22-23H,6-7H2,1-5H3/t14-,15-/m1/s1. The maximum Gasteiger partial charge on any atom is 0.331 e. The first kappa shape index (κ1) is 23.0. The van der Waals surface area contributed by atoms with E-state index in [1.165, 1.54) is 18.2 Å². The first-order valence-electron chi connectivity index (χ1n) is 9.30. The summed E-state index contributed by atoms with van der Waals surface area (Å²) in [7, 11) is 0. The van der Waals surface area contributed by atoms with Crippen molar-refractivity contribution in [2.24, 2.45) is 5.41 Å². The number of anilines is 1. The maximum absolute atomic E-state index is 13.0. The van der Waals surface area contributed by atoms with Crippen molar-refractivity contribution in [1.29, 1.82) is 0 Å². The molecule has 2 N–H and O–H groups in total. The summed E-state index contributed by atoms with van der Waals surface area (Å²) in [4.78, 5) is 39.1. The van der Waals surface area contributed by atoms with Crippen LogP contribution in [0.3, 0.4) is 0 Å². The Morgan fingerprint density at radius 1 is 1.14 bits per heavy atom. The van der Waals surface area contributed by atoms with E-state index in [4.69, 9.17) is 25.8 Å². The van der Waals surface area contributed by atoms with Gasteiger partial charge in [-0.1, -0.05) is 17.7 Å². The first-order chi connectivity index (χ1) is 13.5. The number of halogens is 1. The highest BCUT2D eigenvalue weighted by molar-refractivity contribution is 6.31. The molecule has 0 aromatic heterocycles. The zero-order valence-corrected chi connectivity index (χ0v) is 17.8. The summed E-state index contributed by atoms with van der Waals surface area (Å²) >= 11 is 6.03. The quantitative estimate of drug-likeness (QED) is 0.419. The lowest BCUT2D eigenvalue weighted by Gasteiger charge is -2.43. The third-order valence-corrected chi connectivity index (χ3v) is 4.60. The van der Waals surface area contributed by atoms with E-state index in [0.717, 1.165) is 0 Å². The van der Waals surface area contributed by atoms with Gasteiger partial charge in [0.15, 0.2) is 6.04 Å². The topological polar surface area (TPSA) is 111 Å². The second-order valence-electron chi connectivity index (χ2n) is 7.55. The van der Waals surface area contributed by atoms with Crippen LogP contribution < -0.4 is 5.32 Å². The molecule has 9 heteroatoms. The molecular weight excluding hydrogens is 402 g/mol. The number of carbonyl (C=O) groups excluding carboxylic acids is 3. The van der Waals surface area contributed by atoms with Crippen LogP contribution in [0.1, 0.15) is 46.3 Å². The van der Waals surface area contributed by atoms with E-state index in [9.17, 15) is 19.5 Å². The highest BCUT2D eigenvalue weighted by Gasteiger charge is 2.66. The Hall–Kier alpha value is -2.32. The minimum absolute atomic E-state index is 0.0682. The molecule has 1 aromatic rings. The molecule has 29 heavy (non-hydrogen) atoms. The first-order valence-corrected chi connectivity index (χ1v) is 9.68. The SMILES string of the molecule is CCOC(=O)C1(C(=O)OCC)[C@@H](C(=O)OC(C)(C)C)Nc2cc(Cl)ccc2[C@H]1O. The maximum atomic E-state index is 13.0. The van der Waals surface area contributed by atoms with Crippen molar-refractivity contribution < 1.29 is 33.7 Å². The molecule has 1 heterocycles. The van der Waals surface area contributed by atoms with Gasteiger partial charge in [0, 0.05) is 16.3 Å². The van der Waals surface area contributed by atoms with Gasteiger partial charge in [-0.25, -0.2) is 4.79 Å². The lowest BCUT2D eigenvalue weighted by Crippen LogP contribution is -2.63. The Morgan fingerprint density at radius 3 is 2.17 bits per heavy atom. The molecule has 0 amide bonds. The van der Waals surface area contributed by atoms with Crippen LogP contribution in [0, 0.1) is 5.41 Å². The number of hydrogen-bond donors (Lipinski definition) is 2. The van der Waals surface area contributed by atoms with Gasteiger partial charge >= 0.3 is 17.9 Å². The van der Waals surface area contributed by atoms with E-state index in [1.54, 1.807) is 34.6 Å². The van der Waals surface area contributed by atoms with E-state index >= 15 is 0 Å². The van der Waals surface area contributed by atoms with E-state index in [2.05, 4.69) is 5.32 Å². The largest absolute Gasteiger partial charge is 0.465 e. The van der Waals surface area contributed by atoms with Gasteiger partial charge in [0.05, 0.1) is 13.2 Å². The number of ether oxygens (including phenoxy) is 3. The average Bonchev–Trinajstić information content (AvgIpc) is 2.60. The number of benzene rings is 1. The predicted octanol–water partition coefficient (Wildman–Crippen LogP) is 2.62. The fourth-order valence-corrected chi connectivity index (χ4v) is 3.39. The Balaban J connectivity index is 2.73. The van der Waals surface area contributed by atoms with Crippen LogP contribution in [0.15, 0.2) is 18.2 Å². The second-order valence-corrected chi connectivity index (χ2v) is 7.99. The molecule has 0 spiro atoms. The summed E-state index contributed by atoms with van der Waals surface area (Å²) in [5.41, 5.74) is -2.80. The van der Waals surface area contributed by atoms with Crippen molar-refractivity contribution in [1.82, 2.24) is 0 Å². The fraction of sp³-hybridized carbons (Fsp3) is 0.550. The van der Waals surface area contributed by atoms with Gasteiger partial charge in [-0.2, -0.15) is 0 Å². The lowest BCUT2D eigenvalue weighted by atomic mass is 9.69. The zero-order valence-electron chi connectivity index (χ0n) is 17.1. The van der Waals surface area contributed by atoms with Gasteiger partial charge in [-0.15, -0.1) is 0 Å². The number of carbonyl (C=O) groups is 3. The molecule has 8 nitrogen and oxygen atoms in total. The van der Waals surface area contributed by atoms with Crippen molar-refractivity contribution in [3.05, 3.63) is 28.8 Å². The highest BCUT2D eigenvalue weighted by Crippen LogP contribution is 2.48.